The number of benzene rings is 2. The van der Waals surface area contributed by atoms with Crippen molar-refractivity contribution in [2.75, 3.05) is 19.0 Å². The maximum absolute atomic E-state index is 12.2. The summed E-state index contributed by atoms with van der Waals surface area (Å²) < 4.78 is 6.18. The lowest BCUT2D eigenvalue weighted by molar-refractivity contribution is 0.251. The number of urea groups is 1. The highest BCUT2D eigenvalue weighted by molar-refractivity contribution is 9.10. The van der Waals surface area contributed by atoms with Gasteiger partial charge in [0.1, 0.15) is 5.75 Å². The second-order valence-corrected chi connectivity index (χ2v) is 7.13. The zero-order valence-corrected chi connectivity index (χ0v) is 15.4. The first-order valence-corrected chi connectivity index (χ1v) is 8.77. The van der Waals surface area contributed by atoms with E-state index in [4.69, 9.17) is 4.74 Å². The Morgan fingerprint density at radius 1 is 1.21 bits per heavy atom. The highest BCUT2D eigenvalue weighted by atomic mass is 79.9. The van der Waals surface area contributed by atoms with Crippen molar-refractivity contribution in [1.29, 1.82) is 0 Å². The summed E-state index contributed by atoms with van der Waals surface area (Å²) in [5.74, 6) is 0.852. The summed E-state index contributed by atoms with van der Waals surface area (Å²) in [7, 11) is 1.66. The molecule has 24 heavy (non-hydrogen) atoms. The number of methoxy groups -OCH3 is 1. The van der Waals surface area contributed by atoms with Gasteiger partial charge in [-0.15, -0.1) is 0 Å². The van der Waals surface area contributed by atoms with Crippen molar-refractivity contribution in [2.45, 2.75) is 25.2 Å². The van der Waals surface area contributed by atoms with Gasteiger partial charge in [-0.25, -0.2) is 4.79 Å². The normalized spacial score (nSPS) is 14.8. The summed E-state index contributed by atoms with van der Waals surface area (Å²) in [4.78, 5) is 12.2. The van der Waals surface area contributed by atoms with Crippen LogP contribution < -0.4 is 15.4 Å². The van der Waals surface area contributed by atoms with Gasteiger partial charge in [-0.2, -0.15) is 0 Å². The van der Waals surface area contributed by atoms with Crippen LogP contribution in [0, 0.1) is 6.92 Å². The Bertz CT molecular complexity index is 740. The van der Waals surface area contributed by atoms with Crippen molar-refractivity contribution in [1.82, 2.24) is 5.32 Å². The first-order valence-electron chi connectivity index (χ1n) is 7.98. The number of anilines is 1. The molecule has 0 saturated heterocycles. The number of hydrogen-bond donors (Lipinski definition) is 2. The smallest absolute Gasteiger partial charge is 0.319 e. The highest BCUT2D eigenvalue weighted by Crippen LogP contribution is 2.47. The Hall–Kier alpha value is -2.01. The number of aryl methyl sites for hydroxylation is 1. The number of carbonyl (C=O) groups is 1. The van der Waals surface area contributed by atoms with Crippen LogP contribution in [0.25, 0.3) is 0 Å². The molecule has 0 heterocycles. The Balaban J connectivity index is 1.58. The van der Waals surface area contributed by atoms with Crippen LogP contribution in [0.1, 0.15) is 24.0 Å². The first-order chi connectivity index (χ1) is 11.5. The molecular weight excluding hydrogens is 368 g/mol. The van der Waals surface area contributed by atoms with Crippen LogP contribution >= 0.6 is 15.9 Å². The summed E-state index contributed by atoms with van der Waals surface area (Å²) >= 11 is 3.48. The molecule has 1 aliphatic carbocycles. The summed E-state index contributed by atoms with van der Waals surface area (Å²) in [6.07, 6.45) is 2.19. The summed E-state index contributed by atoms with van der Waals surface area (Å²) in [5, 5.41) is 5.88. The van der Waals surface area contributed by atoms with E-state index in [1.54, 1.807) is 7.11 Å². The fourth-order valence-corrected chi connectivity index (χ4v) is 3.14. The van der Waals surface area contributed by atoms with E-state index in [0.717, 1.165) is 34.3 Å². The van der Waals surface area contributed by atoms with Crippen LogP contribution in [0.2, 0.25) is 0 Å². The number of nitrogens with one attached hydrogen (secondary N) is 2. The molecule has 0 spiro atoms. The first kappa shape index (κ1) is 16.8. The quantitative estimate of drug-likeness (QED) is 0.784. The predicted octanol–water partition coefficient (Wildman–Crippen LogP) is 4.62. The molecule has 0 aliphatic heterocycles. The molecule has 2 aromatic carbocycles. The van der Waals surface area contributed by atoms with E-state index in [-0.39, 0.29) is 11.4 Å². The van der Waals surface area contributed by atoms with Gasteiger partial charge >= 0.3 is 6.03 Å². The molecule has 1 saturated carbocycles. The number of hydrogen-bond acceptors (Lipinski definition) is 2. The third-order valence-corrected chi connectivity index (χ3v) is 5.43. The van der Waals surface area contributed by atoms with E-state index in [0.29, 0.717) is 6.54 Å². The number of carbonyl (C=O) groups excluding carboxylic acids is 1. The Morgan fingerprint density at radius 2 is 1.92 bits per heavy atom. The molecule has 2 N–H and O–H groups in total. The van der Waals surface area contributed by atoms with E-state index >= 15 is 0 Å². The molecule has 0 radical (unpaired) electrons. The Labute approximate surface area is 150 Å². The topological polar surface area (TPSA) is 50.4 Å². The lowest BCUT2D eigenvalue weighted by atomic mass is 9.96. The average molecular weight is 389 g/mol. The molecule has 4 nitrogen and oxygen atoms in total. The van der Waals surface area contributed by atoms with Crippen molar-refractivity contribution in [3.05, 3.63) is 58.1 Å². The van der Waals surface area contributed by atoms with E-state index in [1.807, 2.05) is 37.3 Å². The number of amides is 2. The van der Waals surface area contributed by atoms with Crippen LogP contribution in [0.15, 0.2) is 46.9 Å². The maximum atomic E-state index is 12.2. The predicted molar refractivity (Wildman–Crippen MR) is 99.8 cm³/mol. The zero-order valence-electron chi connectivity index (χ0n) is 13.9. The van der Waals surface area contributed by atoms with Gasteiger partial charge in [0.2, 0.25) is 0 Å². The molecule has 0 atom stereocenters. The molecule has 2 amide bonds. The molecule has 3 rings (SSSR count). The third-order valence-electron chi connectivity index (χ3n) is 4.57. The molecule has 0 aromatic heterocycles. The van der Waals surface area contributed by atoms with Crippen LogP contribution in [0.3, 0.4) is 0 Å². The van der Waals surface area contributed by atoms with Gasteiger partial charge in [0.15, 0.2) is 0 Å². The minimum atomic E-state index is -0.175. The van der Waals surface area contributed by atoms with Gasteiger partial charge in [0.25, 0.3) is 0 Å². The summed E-state index contributed by atoms with van der Waals surface area (Å²) in [6, 6.07) is 13.7. The van der Waals surface area contributed by atoms with Crippen LogP contribution in [-0.2, 0) is 5.41 Å². The summed E-state index contributed by atoms with van der Waals surface area (Å²) in [6.45, 7) is 2.65. The van der Waals surface area contributed by atoms with Crippen molar-refractivity contribution in [3.63, 3.8) is 0 Å². The van der Waals surface area contributed by atoms with Gasteiger partial charge < -0.3 is 15.4 Å². The van der Waals surface area contributed by atoms with Gasteiger partial charge in [0.05, 0.1) is 7.11 Å². The second-order valence-electron chi connectivity index (χ2n) is 6.28. The highest BCUT2D eigenvalue weighted by Gasteiger charge is 2.44. The largest absolute Gasteiger partial charge is 0.497 e. The van der Waals surface area contributed by atoms with Gasteiger partial charge in [0, 0.05) is 22.1 Å². The van der Waals surface area contributed by atoms with Gasteiger partial charge in [-0.05, 0) is 55.2 Å². The molecular formula is C19H21BrN2O2. The van der Waals surface area contributed by atoms with Gasteiger partial charge in [-0.3, -0.25) is 0 Å². The minimum absolute atomic E-state index is 0.0669. The molecule has 1 fully saturated rings. The van der Waals surface area contributed by atoms with Crippen LogP contribution in [0.5, 0.6) is 5.75 Å². The fraction of sp³-hybridized carbons (Fsp3) is 0.316. The standard InChI is InChI=1S/C19H21BrN2O2/c1-13-3-6-15(11-17(13)20)22-18(23)21-12-19(9-10-19)14-4-7-16(24-2)8-5-14/h3-8,11H,9-10,12H2,1-2H3,(H2,21,22,23). The van der Waals surface area contributed by atoms with Crippen molar-refractivity contribution in [3.8, 4) is 5.75 Å². The number of halogens is 1. The Kier molecular flexibility index (Phi) is 4.81. The summed E-state index contributed by atoms with van der Waals surface area (Å²) in [5.41, 5.74) is 3.23. The van der Waals surface area contributed by atoms with E-state index < -0.39 is 0 Å². The fourth-order valence-electron chi connectivity index (χ4n) is 2.76. The average Bonchev–Trinajstić information content (AvgIpc) is 3.38. The van der Waals surface area contributed by atoms with Crippen molar-refractivity contribution in [2.24, 2.45) is 0 Å². The van der Waals surface area contributed by atoms with E-state index in [9.17, 15) is 4.79 Å². The molecule has 5 heteroatoms. The lowest BCUT2D eigenvalue weighted by Crippen LogP contribution is -2.35. The second kappa shape index (κ2) is 6.85. The zero-order chi connectivity index (χ0) is 17.2. The molecule has 0 bridgehead atoms. The van der Waals surface area contributed by atoms with Crippen molar-refractivity contribution < 1.29 is 9.53 Å². The minimum Gasteiger partial charge on any atom is -0.497 e. The monoisotopic (exact) mass is 388 g/mol. The Morgan fingerprint density at radius 3 is 2.50 bits per heavy atom. The molecule has 2 aromatic rings. The van der Waals surface area contributed by atoms with E-state index in [1.165, 1.54) is 5.56 Å². The molecule has 126 valence electrons. The molecule has 1 aliphatic rings. The SMILES string of the molecule is COc1ccc(C2(CNC(=O)Nc3ccc(C)c(Br)c3)CC2)cc1. The van der Waals surface area contributed by atoms with Crippen LogP contribution in [0.4, 0.5) is 10.5 Å². The number of ether oxygens (including phenoxy) is 1. The van der Waals surface area contributed by atoms with E-state index in [2.05, 4.69) is 38.7 Å². The molecule has 0 unspecified atom stereocenters. The lowest BCUT2D eigenvalue weighted by Gasteiger charge is -2.17. The van der Waals surface area contributed by atoms with Gasteiger partial charge in [-0.1, -0.05) is 34.1 Å². The maximum Gasteiger partial charge on any atom is 0.319 e. The number of rotatable bonds is 5. The third kappa shape index (κ3) is 3.73. The van der Waals surface area contributed by atoms with Crippen molar-refractivity contribution >= 4 is 27.6 Å². The van der Waals surface area contributed by atoms with Crippen LogP contribution in [-0.4, -0.2) is 19.7 Å².